The zero-order chi connectivity index (χ0) is 14.3. The van der Waals surface area contributed by atoms with Gasteiger partial charge in [-0.15, -0.1) is 0 Å². The van der Waals surface area contributed by atoms with E-state index in [-0.39, 0.29) is 13.1 Å². The van der Waals surface area contributed by atoms with Gasteiger partial charge in [-0.05, 0) is 12.1 Å². The summed E-state index contributed by atoms with van der Waals surface area (Å²) in [7, 11) is 2.98. The van der Waals surface area contributed by atoms with Gasteiger partial charge in [0, 0.05) is 19.2 Å². The number of carbonyl (C=O) groups excluding carboxylic acids is 2. The largest absolute Gasteiger partial charge is 0.497 e. The lowest BCUT2D eigenvalue weighted by Crippen LogP contribution is -2.38. The Kier molecular flexibility index (Phi) is 5.62. The molecule has 0 saturated carbocycles. The molecule has 0 aliphatic heterocycles. The number of rotatable bonds is 5. The van der Waals surface area contributed by atoms with Crippen molar-refractivity contribution in [2.24, 2.45) is 5.73 Å². The summed E-state index contributed by atoms with van der Waals surface area (Å²) >= 11 is 0. The fourth-order valence-electron chi connectivity index (χ4n) is 1.35. The van der Waals surface area contributed by atoms with Crippen LogP contribution in [-0.4, -0.2) is 39.1 Å². The second-order valence-corrected chi connectivity index (χ2v) is 3.56. The number of benzene rings is 1. The van der Waals surface area contributed by atoms with E-state index in [4.69, 9.17) is 15.2 Å². The highest BCUT2D eigenvalue weighted by Crippen LogP contribution is 2.28. The Balaban J connectivity index is 2.76. The normalized spacial score (nSPS) is 9.63. The molecule has 2 amide bonds. The van der Waals surface area contributed by atoms with Crippen LogP contribution in [0.4, 0.5) is 5.69 Å². The molecule has 7 heteroatoms. The summed E-state index contributed by atoms with van der Waals surface area (Å²) < 4.78 is 10.1. The predicted octanol–water partition coefficient (Wildman–Crippen LogP) is -0.283. The topological polar surface area (TPSA) is 103 Å². The Morgan fingerprint density at radius 1 is 1.21 bits per heavy atom. The number of hydrogen-bond acceptors (Lipinski definition) is 5. The van der Waals surface area contributed by atoms with Crippen LogP contribution in [0, 0.1) is 0 Å². The van der Waals surface area contributed by atoms with Crippen LogP contribution in [0.15, 0.2) is 18.2 Å². The number of methoxy groups -OCH3 is 2. The first kappa shape index (κ1) is 14.8. The Morgan fingerprint density at radius 2 is 1.95 bits per heavy atom. The van der Waals surface area contributed by atoms with Crippen molar-refractivity contribution >= 4 is 17.5 Å². The maximum Gasteiger partial charge on any atom is 0.313 e. The van der Waals surface area contributed by atoms with Crippen molar-refractivity contribution < 1.29 is 19.1 Å². The first-order valence-electron chi connectivity index (χ1n) is 5.63. The van der Waals surface area contributed by atoms with Crippen molar-refractivity contribution in [2.45, 2.75) is 0 Å². The molecule has 0 atom stereocenters. The Labute approximate surface area is 111 Å². The summed E-state index contributed by atoms with van der Waals surface area (Å²) in [5.41, 5.74) is 5.61. The molecule has 4 N–H and O–H groups in total. The monoisotopic (exact) mass is 267 g/mol. The van der Waals surface area contributed by atoms with Gasteiger partial charge in [0.2, 0.25) is 0 Å². The van der Waals surface area contributed by atoms with Crippen LogP contribution in [0.3, 0.4) is 0 Å². The van der Waals surface area contributed by atoms with E-state index in [1.807, 2.05) is 0 Å². The second-order valence-electron chi connectivity index (χ2n) is 3.56. The second kappa shape index (κ2) is 7.22. The van der Waals surface area contributed by atoms with Crippen LogP contribution < -0.4 is 25.8 Å². The Bertz CT molecular complexity index is 462. The highest BCUT2D eigenvalue weighted by Gasteiger charge is 2.15. The smallest absolute Gasteiger partial charge is 0.313 e. The number of nitrogens with two attached hydrogens (primary N) is 1. The summed E-state index contributed by atoms with van der Waals surface area (Å²) in [4.78, 5) is 23.0. The summed E-state index contributed by atoms with van der Waals surface area (Å²) in [6.07, 6.45) is 0. The maximum absolute atomic E-state index is 11.6. The molecule has 7 nitrogen and oxygen atoms in total. The van der Waals surface area contributed by atoms with E-state index in [0.717, 1.165) is 0 Å². The van der Waals surface area contributed by atoms with Crippen molar-refractivity contribution in [1.82, 2.24) is 5.32 Å². The molecule has 0 bridgehead atoms. The van der Waals surface area contributed by atoms with E-state index in [1.165, 1.54) is 14.2 Å². The van der Waals surface area contributed by atoms with Crippen LogP contribution in [0.2, 0.25) is 0 Å². The van der Waals surface area contributed by atoms with Crippen LogP contribution in [0.25, 0.3) is 0 Å². The van der Waals surface area contributed by atoms with Crippen molar-refractivity contribution in [1.29, 1.82) is 0 Å². The van der Waals surface area contributed by atoms with Gasteiger partial charge in [0.15, 0.2) is 0 Å². The number of nitrogens with one attached hydrogen (secondary N) is 2. The number of carbonyl (C=O) groups is 2. The highest BCUT2D eigenvalue weighted by molar-refractivity contribution is 6.39. The molecule has 19 heavy (non-hydrogen) atoms. The average Bonchev–Trinajstić information content (AvgIpc) is 2.44. The molecule has 0 radical (unpaired) electrons. The van der Waals surface area contributed by atoms with Crippen molar-refractivity contribution in [3.05, 3.63) is 18.2 Å². The van der Waals surface area contributed by atoms with Crippen molar-refractivity contribution in [2.75, 3.05) is 32.6 Å². The molecule has 0 fully saturated rings. The van der Waals surface area contributed by atoms with Crippen molar-refractivity contribution in [3.63, 3.8) is 0 Å². The molecule has 1 rings (SSSR count). The Hall–Kier alpha value is -2.28. The molecule has 0 aliphatic carbocycles. The average molecular weight is 267 g/mol. The zero-order valence-electron chi connectivity index (χ0n) is 10.9. The molecule has 0 heterocycles. The van der Waals surface area contributed by atoms with Gasteiger partial charge in [-0.25, -0.2) is 0 Å². The molecule has 1 aromatic rings. The van der Waals surface area contributed by atoms with E-state index in [1.54, 1.807) is 18.2 Å². The van der Waals surface area contributed by atoms with E-state index in [9.17, 15) is 9.59 Å². The minimum atomic E-state index is -0.781. The summed E-state index contributed by atoms with van der Waals surface area (Å²) in [6.45, 7) is 0.511. The molecule has 104 valence electrons. The molecule has 0 saturated heterocycles. The number of ether oxygens (including phenoxy) is 2. The quantitative estimate of drug-likeness (QED) is 0.637. The number of anilines is 1. The summed E-state index contributed by atoms with van der Waals surface area (Å²) in [5.74, 6) is -0.540. The third-order valence-electron chi connectivity index (χ3n) is 2.29. The van der Waals surface area contributed by atoms with E-state index in [2.05, 4.69) is 10.6 Å². The van der Waals surface area contributed by atoms with Gasteiger partial charge in [0.1, 0.15) is 11.5 Å². The maximum atomic E-state index is 11.6. The number of amides is 2. The molecule has 1 aromatic carbocycles. The van der Waals surface area contributed by atoms with Gasteiger partial charge >= 0.3 is 11.8 Å². The summed E-state index contributed by atoms with van der Waals surface area (Å²) in [6, 6.07) is 4.84. The Morgan fingerprint density at radius 3 is 2.53 bits per heavy atom. The van der Waals surface area contributed by atoms with Crippen LogP contribution in [-0.2, 0) is 9.59 Å². The fourth-order valence-corrected chi connectivity index (χ4v) is 1.35. The summed E-state index contributed by atoms with van der Waals surface area (Å²) in [5, 5.41) is 4.82. The van der Waals surface area contributed by atoms with Crippen LogP contribution in [0.1, 0.15) is 0 Å². The van der Waals surface area contributed by atoms with Gasteiger partial charge in [0.25, 0.3) is 0 Å². The minimum absolute atomic E-state index is 0.242. The zero-order valence-corrected chi connectivity index (χ0v) is 10.9. The van der Waals surface area contributed by atoms with Gasteiger partial charge in [-0.2, -0.15) is 0 Å². The van der Waals surface area contributed by atoms with Gasteiger partial charge in [-0.1, -0.05) is 0 Å². The molecular formula is C12H17N3O4. The molecular weight excluding hydrogens is 250 g/mol. The minimum Gasteiger partial charge on any atom is -0.497 e. The lowest BCUT2D eigenvalue weighted by atomic mass is 10.2. The van der Waals surface area contributed by atoms with Crippen molar-refractivity contribution in [3.8, 4) is 11.5 Å². The third-order valence-corrected chi connectivity index (χ3v) is 2.29. The van der Waals surface area contributed by atoms with E-state index in [0.29, 0.717) is 17.2 Å². The van der Waals surface area contributed by atoms with Gasteiger partial charge < -0.3 is 25.8 Å². The molecule has 0 aliphatic rings. The first-order chi connectivity index (χ1) is 9.12. The van der Waals surface area contributed by atoms with E-state index >= 15 is 0 Å². The van der Waals surface area contributed by atoms with Gasteiger partial charge in [-0.3, -0.25) is 9.59 Å². The van der Waals surface area contributed by atoms with Crippen LogP contribution in [0.5, 0.6) is 11.5 Å². The first-order valence-corrected chi connectivity index (χ1v) is 5.63. The third kappa shape index (κ3) is 4.14. The van der Waals surface area contributed by atoms with Crippen LogP contribution >= 0.6 is 0 Å². The lowest BCUT2D eigenvalue weighted by Gasteiger charge is -2.11. The number of hydrogen-bond donors (Lipinski definition) is 3. The predicted molar refractivity (Wildman–Crippen MR) is 70.2 cm³/mol. The lowest BCUT2D eigenvalue weighted by molar-refractivity contribution is -0.136. The molecule has 0 spiro atoms. The fraction of sp³-hybridized carbons (Fsp3) is 0.333. The molecule has 0 aromatic heterocycles. The molecule has 0 unspecified atom stereocenters. The SMILES string of the molecule is COc1ccc(NC(=O)C(=O)NCCN)c(OC)c1. The van der Waals surface area contributed by atoms with E-state index < -0.39 is 11.8 Å². The van der Waals surface area contributed by atoms with Gasteiger partial charge in [0.05, 0.1) is 19.9 Å². The standard InChI is InChI=1S/C12H17N3O4/c1-18-8-3-4-9(10(7-8)19-2)15-12(17)11(16)14-6-5-13/h3-4,7H,5-6,13H2,1-2H3,(H,14,16)(H,15,17). The highest BCUT2D eigenvalue weighted by atomic mass is 16.5.